The van der Waals surface area contributed by atoms with Crippen LogP contribution in [0.5, 0.6) is 11.5 Å². The molecule has 0 saturated carbocycles. The predicted molar refractivity (Wildman–Crippen MR) is 165 cm³/mol. The molecule has 11 nitrogen and oxygen atoms in total. The molecule has 2 heterocycles. The highest BCUT2D eigenvalue weighted by Gasteiger charge is 2.26. The van der Waals surface area contributed by atoms with E-state index in [0.29, 0.717) is 73.0 Å². The van der Waals surface area contributed by atoms with Crippen LogP contribution in [-0.4, -0.2) is 96.3 Å². The molecule has 4 rings (SSSR count). The van der Waals surface area contributed by atoms with E-state index in [1.165, 1.54) is 6.92 Å². The topological polar surface area (TPSA) is 141 Å². The van der Waals surface area contributed by atoms with Crippen molar-refractivity contribution in [1.82, 2.24) is 25.1 Å². The van der Waals surface area contributed by atoms with Crippen LogP contribution in [0.25, 0.3) is 11.3 Å². The highest BCUT2D eigenvalue weighted by atomic mass is 16.5. The zero-order valence-corrected chi connectivity index (χ0v) is 25.7. The van der Waals surface area contributed by atoms with Crippen molar-refractivity contribution in [3.63, 3.8) is 0 Å². The lowest BCUT2D eigenvalue weighted by atomic mass is 10.0. The molecule has 11 heteroatoms. The molecule has 0 bridgehead atoms. The maximum atomic E-state index is 12.7. The van der Waals surface area contributed by atoms with E-state index in [1.54, 1.807) is 42.5 Å². The molecular weight excluding hydrogens is 560 g/mol. The van der Waals surface area contributed by atoms with E-state index >= 15 is 0 Å². The number of piperidine rings is 1. The summed E-state index contributed by atoms with van der Waals surface area (Å²) in [4.78, 5) is 37.6. The smallest absolute Gasteiger partial charge is 0.255 e. The normalized spacial score (nSPS) is 14.2. The number of benzene rings is 2. The number of nitrogens with zero attached hydrogens (tertiary/aromatic N) is 5. The van der Waals surface area contributed by atoms with Gasteiger partial charge in [-0.1, -0.05) is 6.07 Å². The standard InChI is InChI=1S/C33H40N6O5/c1-22(40)33(42)39-16-11-26(12-17-39)44-29-9-7-24(20-25(29)21-34)28-10-14-35-31(37-28)19-23-6-8-27(30(18-23)43-4)32(41)36-13-5-15-38(2)3/h6-10,14,18,20,22,26,40H,5,11-13,15-17,19H2,1-4H3,(H,36,41)/t22-/m0/s1. The lowest BCUT2D eigenvalue weighted by Gasteiger charge is -2.33. The van der Waals surface area contributed by atoms with Crippen LogP contribution >= 0.6 is 0 Å². The number of nitrogens with one attached hydrogen (secondary N) is 1. The Bertz CT molecular complexity index is 1490. The number of rotatable bonds is 12. The fourth-order valence-electron chi connectivity index (χ4n) is 5.07. The summed E-state index contributed by atoms with van der Waals surface area (Å²) < 4.78 is 11.7. The molecular formula is C33H40N6O5. The second kappa shape index (κ2) is 15.3. The lowest BCUT2D eigenvalue weighted by Crippen LogP contribution is -2.45. The quantitative estimate of drug-likeness (QED) is 0.300. The molecule has 1 fully saturated rings. The van der Waals surface area contributed by atoms with E-state index in [2.05, 4.69) is 21.3 Å². The first kappa shape index (κ1) is 32.4. The van der Waals surface area contributed by atoms with Gasteiger partial charge in [0.15, 0.2) is 0 Å². The number of hydrogen-bond donors (Lipinski definition) is 2. The molecule has 1 aromatic heterocycles. The Hall–Kier alpha value is -4.53. The second-order valence-electron chi connectivity index (χ2n) is 11.1. The molecule has 232 valence electrons. The fraction of sp³-hybridized carbons (Fsp3) is 0.424. The highest BCUT2D eigenvalue weighted by Crippen LogP contribution is 2.28. The molecule has 2 N–H and O–H groups in total. The van der Waals surface area contributed by atoms with Crippen molar-refractivity contribution in [3.05, 3.63) is 71.2 Å². The maximum absolute atomic E-state index is 12.7. The van der Waals surface area contributed by atoms with Gasteiger partial charge in [0.25, 0.3) is 11.8 Å². The third-order valence-corrected chi connectivity index (χ3v) is 7.45. The molecule has 44 heavy (non-hydrogen) atoms. The van der Waals surface area contributed by atoms with E-state index in [1.807, 2.05) is 32.3 Å². The average molecular weight is 601 g/mol. The number of carbonyl (C=O) groups excluding carboxylic acids is 2. The fourth-order valence-corrected chi connectivity index (χ4v) is 5.07. The van der Waals surface area contributed by atoms with E-state index < -0.39 is 6.10 Å². The number of aliphatic hydroxyl groups is 1. The molecule has 0 aliphatic carbocycles. The third-order valence-electron chi connectivity index (χ3n) is 7.45. The van der Waals surface area contributed by atoms with Gasteiger partial charge >= 0.3 is 0 Å². The molecule has 2 amide bonds. The minimum atomic E-state index is -1.02. The second-order valence-corrected chi connectivity index (χ2v) is 11.1. The summed E-state index contributed by atoms with van der Waals surface area (Å²) in [5.41, 5.74) is 3.19. The summed E-state index contributed by atoms with van der Waals surface area (Å²) in [7, 11) is 5.54. The number of aromatic nitrogens is 2. The molecule has 1 saturated heterocycles. The Balaban J connectivity index is 1.41. The molecule has 3 aromatic rings. The van der Waals surface area contributed by atoms with Crippen LogP contribution in [0.1, 0.15) is 53.5 Å². The summed E-state index contributed by atoms with van der Waals surface area (Å²) in [5.74, 6) is 1.10. The van der Waals surface area contributed by atoms with Crippen LogP contribution in [0.2, 0.25) is 0 Å². The van der Waals surface area contributed by atoms with Crippen LogP contribution in [0, 0.1) is 11.3 Å². The molecule has 2 aromatic carbocycles. The number of amides is 2. The molecule has 1 aliphatic heterocycles. The predicted octanol–water partition coefficient (Wildman–Crippen LogP) is 3.05. The van der Waals surface area contributed by atoms with Gasteiger partial charge in [-0.05, 0) is 75.9 Å². The van der Waals surface area contributed by atoms with Gasteiger partial charge in [-0.15, -0.1) is 0 Å². The Labute approximate surface area is 258 Å². The van der Waals surface area contributed by atoms with E-state index in [9.17, 15) is 20.0 Å². The summed E-state index contributed by atoms with van der Waals surface area (Å²) >= 11 is 0. The summed E-state index contributed by atoms with van der Waals surface area (Å²) in [6.07, 6.45) is 3.06. The van der Waals surface area contributed by atoms with Crippen LogP contribution in [0.3, 0.4) is 0 Å². The van der Waals surface area contributed by atoms with Gasteiger partial charge in [0.1, 0.15) is 35.6 Å². The van der Waals surface area contributed by atoms with Gasteiger partial charge in [0, 0.05) is 50.7 Å². The van der Waals surface area contributed by atoms with Crippen molar-refractivity contribution in [2.75, 3.05) is 47.4 Å². The monoisotopic (exact) mass is 600 g/mol. The van der Waals surface area contributed by atoms with Crippen LogP contribution in [-0.2, 0) is 11.2 Å². The SMILES string of the molecule is COc1cc(Cc2nccc(-c3ccc(OC4CCN(C(=O)[C@H](C)O)CC4)c(C#N)c3)n2)ccc1C(=O)NCCCN(C)C. The van der Waals surface area contributed by atoms with Gasteiger partial charge < -0.3 is 29.7 Å². The molecule has 1 atom stereocenters. The Morgan fingerprint density at radius 1 is 1.16 bits per heavy atom. The van der Waals surface area contributed by atoms with Crippen LogP contribution in [0.15, 0.2) is 48.7 Å². The van der Waals surface area contributed by atoms with Gasteiger partial charge in [0.2, 0.25) is 0 Å². The zero-order chi connectivity index (χ0) is 31.6. The number of nitriles is 1. The minimum Gasteiger partial charge on any atom is -0.496 e. The summed E-state index contributed by atoms with van der Waals surface area (Å²) in [6.45, 7) is 3.93. The highest BCUT2D eigenvalue weighted by molar-refractivity contribution is 5.97. The van der Waals surface area contributed by atoms with Crippen LogP contribution < -0.4 is 14.8 Å². The number of hydrogen-bond acceptors (Lipinski definition) is 9. The third kappa shape index (κ3) is 8.52. The summed E-state index contributed by atoms with van der Waals surface area (Å²) in [6, 6.07) is 14.9. The van der Waals surface area contributed by atoms with E-state index in [4.69, 9.17) is 14.5 Å². The van der Waals surface area contributed by atoms with E-state index in [-0.39, 0.29) is 17.9 Å². The average Bonchev–Trinajstić information content (AvgIpc) is 3.03. The molecule has 0 unspecified atom stereocenters. The first-order valence-corrected chi connectivity index (χ1v) is 14.8. The first-order valence-electron chi connectivity index (χ1n) is 14.8. The Morgan fingerprint density at radius 2 is 1.93 bits per heavy atom. The summed E-state index contributed by atoms with van der Waals surface area (Å²) in [5, 5.41) is 22.4. The van der Waals surface area contributed by atoms with Crippen molar-refractivity contribution >= 4 is 11.8 Å². The van der Waals surface area contributed by atoms with E-state index in [0.717, 1.165) is 24.1 Å². The van der Waals surface area contributed by atoms with Crippen molar-refractivity contribution in [2.24, 2.45) is 0 Å². The lowest BCUT2D eigenvalue weighted by molar-refractivity contribution is -0.141. The van der Waals surface area contributed by atoms with Crippen molar-refractivity contribution in [3.8, 4) is 28.8 Å². The molecule has 1 aliphatic rings. The zero-order valence-electron chi connectivity index (χ0n) is 25.7. The Kier molecular flexibility index (Phi) is 11.2. The number of aliphatic hydroxyl groups excluding tert-OH is 1. The van der Waals surface area contributed by atoms with Gasteiger partial charge in [-0.25, -0.2) is 9.97 Å². The van der Waals surface area contributed by atoms with Crippen molar-refractivity contribution in [1.29, 1.82) is 5.26 Å². The molecule has 0 radical (unpaired) electrons. The maximum Gasteiger partial charge on any atom is 0.255 e. The van der Waals surface area contributed by atoms with Crippen molar-refractivity contribution < 1.29 is 24.2 Å². The van der Waals surface area contributed by atoms with Crippen LogP contribution in [0.4, 0.5) is 0 Å². The van der Waals surface area contributed by atoms with Gasteiger partial charge in [-0.2, -0.15) is 5.26 Å². The first-order chi connectivity index (χ1) is 21.2. The van der Waals surface area contributed by atoms with Crippen molar-refractivity contribution in [2.45, 2.75) is 44.8 Å². The number of ether oxygens (including phenoxy) is 2. The largest absolute Gasteiger partial charge is 0.496 e. The number of likely N-dealkylation sites (tertiary alicyclic amines) is 1. The molecule has 0 spiro atoms. The Morgan fingerprint density at radius 3 is 2.61 bits per heavy atom. The minimum absolute atomic E-state index is 0.130. The number of carbonyl (C=O) groups is 2. The number of methoxy groups -OCH3 is 1. The van der Waals surface area contributed by atoms with Gasteiger partial charge in [0.05, 0.1) is 23.9 Å². The van der Waals surface area contributed by atoms with Gasteiger partial charge in [-0.3, -0.25) is 9.59 Å².